The highest BCUT2D eigenvalue weighted by atomic mass is 32.2. The third-order valence-corrected chi connectivity index (χ3v) is 5.70. The number of carbonyl (C=O) groups excluding carboxylic acids is 2. The Labute approximate surface area is 144 Å². The van der Waals surface area contributed by atoms with Gasteiger partial charge in [-0.15, -0.1) is 11.8 Å². The van der Waals surface area contributed by atoms with Crippen molar-refractivity contribution in [3.05, 3.63) is 35.9 Å². The lowest BCUT2D eigenvalue weighted by Gasteiger charge is -2.27. The van der Waals surface area contributed by atoms with Crippen molar-refractivity contribution in [1.82, 2.24) is 9.80 Å². The van der Waals surface area contributed by atoms with Crippen molar-refractivity contribution in [1.29, 1.82) is 0 Å². The summed E-state index contributed by atoms with van der Waals surface area (Å²) < 4.78 is 0. The average Bonchev–Trinajstić information content (AvgIpc) is 3.21. The fourth-order valence-electron chi connectivity index (χ4n) is 3.27. The van der Waals surface area contributed by atoms with E-state index < -0.39 is 17.9 Å². The van der Waals surface area contributed by atoms with Gasteiger partial charge < -0.3 is 14.9 Å². The molecule has 3 rings (SSSR count). The fraction of sp³-hybridized carbons (Fsp3) is 0.471. The van der Waals surface area contributed by atoms with Gasteiger partial charge in [-0.1, -0.05) is 25.1 Å². The summed E-state index contributed by atoms with van der Waals surface area (Å²) in [6.07, 6.45) is 0. The number of amides is 2. The Hall–Kier alpha value is -2.02. The van der Waals surface area contributed by atoms with Crippen LogP contribution >= 0.6 is 11.8 Å². The van der Waals surface area contributed by atoms with Crippen LogP contribution in [0.1, 0.15) is 17.3 Å². The summed E-state index contributed by atoms with van der Waals surface area (Å²) in [5, 5.41) is 9.23. The highest BCUT2D eigenvalue weighted by molar-refractivity contribution is 7.99. The first-order valence-corrected chi connectivity index (χ1v) is 9.10. The molecule has 0 bridgehead atoms. The van der Waals surface area contributed by atoms with Crippen LogP contribution in [-0.2, 0) is 9.59 Å². The van der Waals surface area contributed by atoms with Gasteiger partial charge in [0.15, 0.2) is 0 Å². The van der Waals surface area contributed by atoms with E-state index in [1.54, 1.807) is 45.8 Å². The van der Waals surface area contributed by atoms with Gasteiger partial charge in [-0.05, 0) is 18.1 Å². The number of carboxylic acid groups (broad SMARTS) is 1. The predicted molar refractivity (Wildman–Crippen MR) is 90.6 cm³/mol. The number of carbonyl (C=O) groups is 3. The van der Waals surface area contributed by atoms with Gasteiger partial charge in [0.1, 0.15) is 6.04 Å². The monoisotopic (exact) mass is 348 g/mol. The molecule has 2 fully saturated rings. The Morgan fingerprint density at radius 3 is 2.50 bits per heavy atom. The lowest BCUT2D eigenvalue weighted by Crippen LogP contribution is -2.48. The minimum Gasteiger partial charge on any atom is -0.481 e. The van der Waals surface area contributed by atoms with Crippen LogP contribution in [0, 0.1) is 11.8 Å². The van der Waals surface area contributed by atoms with Gasteiger partial charge in [0.2, 0.25) is 5.91 Å². The summed E-state index contributed by atoms with van der Waals surface area (Å²) in [6, 6.07) is 8.41. The quantitative estimate of drug-likeness (QED) is 0.893. The third-order valence-electron chi connectivity index (χ3n) is 4.69. The normalized spacial score (nSPS) is 26.6. The zero-order valence-corrected chi connectivity index (χ0v) is 14.2. The molecule has 0 spiro atoms. The van der Waals surface area contributed by atoms with Crippen LogP contribution in [0.2, 0.25) is 0 Å². The Kier molecular flexibility index (Phi) is 4.80. The molecular weight excluding hydrogens is 328 g/mol. The Morgan fingerprint density at radius 2 is 1.88 bits per heavy atom. The first kappa shape index (κ1) is 16.8. The molecule has 2 aliphatic heterocycles. The van der Waals surface area contributed by atoms with Gasteiger partial charge in [0.25, 0.3) is 5.91 Å². The van der Waals surface area contributed by atoms with Crippen molar-refractivity contribution in [2.24, 2.45) is 11.8 Å². The summed E-state index contributed by atoms with van der Waals surface area (Å²) in [6.45, 7) is 2.51. The molecule has 1 aromatic rings. The molecule has 1 aromatic carbocycles. The van der Waals surface area contributed by atoms with Crippen LogP contribution in [0.3, 0.4) is 0 Å². The molecular formula is C17H20N2O4S. The molecule has 1 unspecified atom stereocenters. The lowest BCUT2D eigenvalue weighted by atomic mass is 9.99. The molecule has 3 atom stereocenters. The van der Waals surface area contributed by atoms with Gasteiger partial charge in [0.05, 0.1) is 11.8 Å². The highest BCUT2D eigenvalue weighted by Crippen LogP contribution is 2.29. The van der Waals surface area contributed by atoms with Crippen molar-refractivity contribution >= 4 is 29.5 Å². The zero-order chi connectivity index (χ0) is 17.3. The first-order chi connectivity index (χ1) is 11.5. The van der Waals surface area contributed by atoms with Crippen LogP contribution in [0.15, 0.2) is 30.3 Å². The van der Waals surface area contributed by atoms with Gasteiger partial charge in [0, 0.05) is 24.4 Å². The fourth-order valence-corrected chi connectivity index (χ4v) is 4.42. The van der Waals surface area contributed by atoms with Crippen LogP contribution in [-0.4, -0.2) is 63.5 Å². The van der Waals surface area contributed by atoms with Crippen LogP contribution in [0.25, 0.3) is 0 Å². The van der Waals surface area contributed by atoms with Crippen molar-refractivity contribution < 1.29 is 19.5 Å². The van der Waals surface area contributed by atoms with E-state index in [1.165, 1.54) is 0 Å². The molecule has 24 heavy (non-hydrogen) atoms. The van der Waals surface area contributed by atoms with E-state index in [4.69, 9.17) is 0 Å². The molecule has 2 amide bonds. The second-order valence-corrected chi connectivity index (χ2v) is 7.32. The molecule has 2 aliphatic rings. The van der Waals surface area contributed by atoms with Crippen molar-refractivity contribution in [2.75, 3.05) is 24.7 Å². The van der Waals surface area contributed by atoms with Crippen molar-refractivity contribution in [2.45, 2.75) is 13.0 Å². The van der Waals surface area contributed by atoms with E-state index in [0.717, 1.165) is 0 Å². The Morgan fingerprint density at radius 1 is 1.17 bits per heavy atom. The highest BCUT2D eigenvalue weighted by Gasteiger charge is 2.42. The number of aliphatic carboxylic acids is 1. The average molecular weight is 348 g/mol. The summed E-state index contributed by atoms with van der Waals surface area (Å²) in [5.41, 5.74) is 0.566. The van der Waals surface area contributed by atoms with Gasteiger partial charge >= 0.3 is 5.97 Å². The molecule has 2 saturated heterocycles. The lowest BCUT2D eigenvalue weighted by molar-refractivity contribution is -0.142. The summed E-state index contributed by atoms with van der Waals surface area (Å²) >= 11 is 1.55. The van der Waals surface area contributed by atoms with E-state index in [0.29, 0.717) is 23.7 Å². The van der Waals surface area contributed by atoms with E-state index in [-0.39, 0.29) is 24.3 Å². The van der Waals surface area contributed by atoms with Gasteiger partial charge in [-0.3, -0.25) is 14.4 Å². The maximum absolute atomic E-state index is 12.8. The first-order valence-electron chi connectivity index (χ1n) is 7.94. The second-order valence-electron chi connectivity index (χ2n) is 6.32. The number of thioether (sulfide) groups is 1. The molecule has 1 N–H and O–H groups in total. The zero-order valence-electron chi connectivity index (χ0n) is 13.4. The van der Waals surface area contributed by atoms with Crippen LogP contribution in [0.5, 0.6) is 0 Å². The number of carboxylic acids is 1. The van der Waals surface area contributed by atoms with Crippen LogP contribution in [0.4, 0.5) is 0 Å². The van der Waals surface area contributed by atoms with E-state index in [9.17, 15) is 19.5 Å². The minimum absolute atomic E-state index is 0.0706. The Balaban J connectivity index is 1.73. The number of hydrogen-bond donors (Lipinski definition) is 1. The molecule has 6 nitrogen and oxygen atoms in total. The van der Waals surface area contributed by atoms with Crippen molar-refractivity contribution in [3.8, 4) is 0 Å². The molecule has 0 radical (unpaired) electrons. The largest absolute Gasteiger partial charge is 0.481 e. The molecule has 7 heteroatoms. The van der Waals surface area contributed by atoms with E-state index in [1.807, 2.05) is 13.0 Å². The molecule has 128 valence electrons. The SMILES string of the molecule is C[C@@H]1CN(C(=O)C2CSCN2C(=O)c2ccccc2)C[C@H]1C(=O)O. The second kappa shape index (κ2) is 6.84. The van der Waals surface area contributed by atoms with Crippen molar-refractivity contribution in [3.63, 3.8) is 0 Å². The maximum atomic E-state index is 12.8. The number of nitrogens with zero attached hydrogens (tertiary/aromatic N) is 2. The Bertz CT molecular complexity index is 651. The smallest absolute Gasteiger partial charge is 0.308 e. The number of benzene rings is 1. The summed E-state index contributed by atoms with van der Waals surface area (Å²) in [7, 11) is 0. The maximum Gasteiger partial charge on any atom is 0.308 e. The molecule has 0 saturated carbocycles. The number of hydrogen-bond acceptors (Lipinski definition) is 4. The standard InChI is InChI=1S/C17H20N2O4S/c1-11-7-18(8-13(11)17(22)23)16(21)14-9-24-10-19(14)15(20)12-5-3-2-4-6-12/h2-6,11,13-14H,7-10H2,1H3,(H,22,23)/t11-,13-,14?/m1/s1. The predicted octanol–water partition coefficient (Wildman–Crippen LogP) is 1.38. The van der Waals surface area contributed by atoms with E-state index in [2.05, 4.69) is 0 Å². The number of rotatable bonds is 3. The van der Waals surface area contributed by atoms with Crippen LogP contribution < -0.4 is 0 Å². The minimum atomic E-state index is -0.865. The molecule has 0 aromatic heterocycles. The molecule has 2 heterocycles. The van der Waals surface area contributed by atoms with Gasteiger partial charge in [-0.2, -0.15) is 0 Å². The topological polar surface area (TPSA) is 77.9 Å². The van der Waals surface area contributed by atoms with E-state index >= 15 is 0 Å². The summed E-state index contributed by atoms with van der Waals surface area (Å²) in [4.78, 5) is 39.9. The van der Waals surface area contributed by atoms with Gasteiger partial charge in [-0.25, -0.2) is 0 Å². The third kappa shape index (κ3) is 3.13. The summed E-state index contributed by atoms with van der Waals surface area (Å²) in [5.74, 6) is -0.715. The number of likely N-dealkylation sites (tertiary alicyclic amines) is 1. The molecule has 0 aliphatic carbocycles.